The molecule has 0 saturated carbocycles. The molecule has 9 nitrogen and oxygen atoms in total. The molecule has 0 spiro atoms. The van der Waals surface area contributed by atoms with Crippen molar-refractivity contribution < 1.29 is 19.2 Å². The predicted octanol–water partition coefficient (Wildman–Crippen LogP) is 5.55. The Morgan fingerprint density at radius 2 is 1.69 bits per heavy atom. The van der Waals surface area contributed by atoms with E-state index < -0.39 is 11.6 Å². The lowest BCUT2D eigenvalue weighted by Gasteiger charge is -2.37. The highest BCUT2D eigenvalue weighted by atomic mass is 79.9. The Kier molecular flexibility index (Phi) is 8.83. The number of carbonyl (C=O) groups is 4. The number of nitrogens with one attached hydrogen (secondary N) is 2. The van der Waals surface area contributed by atoms with Crippen LogP contribution >= 0.6 is 39.1 Å². The number of hydrogen-bond acceptors (Lipinski definition) is 5. The van der Waals surface area contributed by atoms with E-state index in [4.69, 9.17) is 23.2 Å². The fraction of sp³-hybridized carbons (Fsp3) is 0.333. The monoisotopic (exact) mass is 711 g/mol. The van der Waals surface area contributed by atoms with Gasteiger partial charge >= 0.3 is 0 Å². The molecule has 2 fully saturated rings. The van der Waals surface area contributed by atoms with Crippen molar-refractivity contribution >= 4 is 74.1 Å². The van der Waals surface area contributed by atoms with E-state index in [-0.39, 0.29) is 30.0 Å². The number of likely N-dealkylation sites (tertiary alicyclic amines) is 1. The number of amides is 4. The number of anilines is 2. The molecule has 12 heteroatoms. The number of benzene rings is 3. The van der Waals surface area contributed by atoms with Crippen LogP contribution in [0.5, 0.6) is 0 Å². The maximum atomic E-state index is 14.3. The van der Waals surface area contributed by atoms with Gasteiger partial charge in [0.25, 0.3) is 11.8 Å². The van der Waals surface area contributed by atoms with Crippen LogP contribution in [-0.4, -0.2) is 77.1 Å². The first kappa shape index (κ1) is 31.4. The Balaban J connectivity index is 1.33. The molecule has 0 bridgehead atoms. The standard InChI is InChI=1S/C33H32BrCl2N5O4/c1-20(42)39-12-14-40(15-13-39)31(44)29-6-3-11-41(29)30(43)25-9-7-22(34)17-27(25)38-33(19-21-4-2-5-23(35)16-21)26-10-8-24(36)18-28(26)37-32(33)45/h2,4-5,7-10,16-18,29,38H,3,6,11-15,19H2,1H3,(H,37,45). The van der Waals surface area contributed by atoms with Gasteiger partial charge in [-0.05, 0) is 60.9 Å². The number of fused-ring (bicyclic) bond motifs is 1. The maximum absolute atomic E-state index is 14.3. The van der Waals surface area contributed by atoms with Crippen molar-refractivity contribution in [2.24, 2.45) is 0 Å². The molecule has 3 aromatic carbocycles. The highest BCUT2D eigenvalue weighted by Gasteiger charge is 2.48. The summed E-state index contributed by atoms with van der Waals surface area (Å²) in [5.41, 5.74) is 1.60. The summed E-state index contributed by atoms with van der Waals surface area (Å²) >= 11 is 16.2. The molecular formula is C33H32BrCl2N5O4. The normalized spacial score (nSPS) is 21.0. The maximum Gasteiger partial charge on any atom is 0.256 e. The van der Waals surface area contributed by atoms with E-state index in [2.05, 4.69) is 26.6 Å². The molecule has 2 saturated heterocycles. The van der Waals surface area contributed by atoms with E-state index in [9.17, 15) is 19.2 Å². The Morgan fingerprint density at radius 3 is 2.42 bits per heavy atom. The minimum Gasteiger partial charge on any atom is -0.367 e. The second-order valence-corrected chi connectivity index (χ2v) is 13.4. The smallest absolute Gasteiger partial charge is 0.256 e. The predicted molar refractivity (Wildman–Crippen MR) is 178 cm³/mol. The summed E-state index contributed by atoms with van der Waals surface area (Å²) in [5.74, 6) is -0.702. The van der Waals surface area contributed by atoms with Gasteiger partial charge in [-0.3, -0.25) is 19.2 Å². The van der Waals surface area contributed by atoms with Crippen molar-refractivity contribution in [1.82, 2.24) is 14.7 Å². The molecule has 0 aliphatic carbocycles. The minimum atomic E-state index is -1.29. The minimum absolute atomic E-state index is 0.00941. The van der Waals surface area contributed by atoms with Gasteiger partial charge in [-0.1, -0.05) is 57.3 Å². The first-order valence-electron chi connectivity index (χ1n) is 14.8. The lowest BCUT2D eigenvalue weighted by Crippen LogP contribution is -2.55. The summed E-state index contributed by atoms with van der Waals surface area (Å²) in [6.07, 6.45) is 1.50. The lowest BCUT2D eigenvalue weighted by molar-refractivity contribution is -0.141. The number of hydrogen-bond donors (Lipinski definition) is 2. The lowest BCUT2D eigenvalue weighted by atomic mass is 9.84. The molecule has 0 aromatic heterocycles. The molecule has 234 valence electrons. The molecule has 2 N–H and O–H groups in total. The quantitative estimate of drug-likeness (QED) is 0.349. The summed E-state index contributed by atoms with van der Waals surface area (Å²) in [6.45, 7) is 3.80. The van der Waals surface area contributed by atoms with Crippen LogP contribution < -0.4 is 10.6 Å². The van der Waals surface area contributed by atoms with Crippen LogP contribution in [0.2, 0.25) is 10.0 Å². The third-order valence-corrected chi connectivity index (χ3v) is 9.79. The van der Waals surface area contributed by atoms with E-state index in [1.165, 1.54) is 6.92 Å². The van der Waals surface area contributed by atoms with Crippen LogP contribution in [0.25, 0.3) is 0 Å². The molecule has 3 aliphatic rings. The van der Waals surface area contributed by atoms with Crippen molar-refractivity contribution in [3.63, 3.8) is 0 Å². The highest BCUT2D eigenvalue weighted by Crippen LogP contribution is 2.43. The van der Waals surface area contributed by atoms with Gasteiger partial charge in [-0.15, -0.1) is 0 Å². The Morgan fingerprint density at radius 1 is 0.956 bits per heavy atom. The summed E-state index contributed by atoms with van der Waals surface area (Å²) in [4.78, 5) is 58.8. The summed E-state index contributed by atoms with van der Waals surface area (Å²) in [5, 5.41) is 7.48. The topological polar surface area (TPSA) is 102 Å². The molecule has 3 heterocycles. The molecule has 3 aromatic rings. The Bertz CT molecular complexity index is 1700. The zero-order valence-electron chi connectivity index (χ0n) is 24.6. The van der Waals surface area contributed by atoms with Gasteiger partial charge in [0.05, 0.1) is 5.56 Å². The second kappa shape index (κ2) is 12.7. The fourth-order valence-corrected chi connectivity index (χ4v) is 7.30. The number of halogens is 3. The molecule has 2 atom stereocenters. The molecule has 4 amide bonds. The molecule has 3 aliphatic heterocycles. The van der Waals surface area contributed by atoms with E-state index in [1.54, 1.807) is 51.1 Å². The largest absolute Gasteiger partial charge is 0.367 e. The summed E-state index contributed by atoms with van der Waals surface area (Å²) < 4.78 is 0.714. The van der Waals surface area contributed by atoms with Gasteiger partial charge in [0.15, 0.2) is 0 Å². The first-order chi connectivity index (χ1) is 21.6. The summed E-state index contributed by atoms with van der Waals surface area (Å²) in [7, 11) is 0. The molecule has 0 radical (unpaired) electrons. The van der Waals surface area contributed by atoms with Gasteiger partial charge in [0, 0.05) is 77.5 Å². The molecule has 45 heavy (non-hydrogen) atoms. The second-order valence-electron chi connectivity index (χ2n) is 11.7. The van der Waals surface area contributed by atoms with E-state index in [0.717, 1.165) is 5.56 Å². The first-order valence-corrected chi connectivity index (χ1v) is 16.4. The van der Waals surface area contributed by atoms with Gasteiger partial charge in [0.1, 0.15) is 11.6 Å². The zero-order valence-corrected chi connectivity index (χ0v) is 27.7. The van der Waals surface area contributed by atoms with E-state index in [0.29, 0.717) is 82.6 Å². The van der Waals surface area contributed by atoms with Crippen molar-refractivity contribution in [2.75, 3.05) is 43.4 Å². The number of carbonyl (C=O) groups excluding carboxylic acids is 4. The Labute approximate surface area is 280 Å². The van der Waals surface area contributed by atoms with Crippen LogP contribution in [0.4, 0.5) is 11.4 Å². The van der Waals surface area contributed by atoms with Gasteiger partial charge in [0.2, 0.25) is 11.8 Å². The summed E-state index contributed by atoms with van der Waals surface area (Å²) in [6, 6.07) is 17.2. The molecule has 2 unspecified atom stereocenters. The fourth-order valence-electron chi connectivity index (χ4n) is 6.55. The van der Waals surface area contributed by atoms with Crippen molar-refractivity contribution in [3.05, 3.63) is 91.9 Å². The van der Waals surface area contributed by atoms with Crippen LogP contribution in [0.3, 0.4) is 0 Å². The number of rotatable bonds is 6. The zero-order chi connectivity index (χ0) is 31.9. The van der Waals surface area contributed by atoms with Crippen LogP contribution in [0, 0.1) is 0 Å². The molecule has 6 rings (SSSR count). The van der Waals surface area contributed by atoms with Gasteiger partial charge in [-0.25, -0.2) is 0 Å². The van der Waals surface area contributed by atoms with Gasteiger partial charge < -0.3 is 25.3 Å². The highest BCUT2D eigenvalue weighted by molar-refractivity contribution is 9.10. The average Bonchev–Trinajstić information content (AvgIpc) is 3.59. The Hall–Kier alpha value is -3.60. The van der Waals surface area contributed by atoms with Crippen molar-refractivity contribution in [1.29, 1.82) is 0 Å². The third-order valence-electron chi connectivity index (χ3n) is 8.83. The van der Waals surface area contributed by atoms with Gasteiger partial charge in [-0.2, -0.15) is 0 Å². The van der Waals surface area contributed by atoms with Crippen LogP contribution in [-0.2, 0) is 26.3 Å². The number of nitrogens with zero attached hydrogens (tertiary/aromatic N) is 3. The third kappa shape index (κ3) is 6.15. The average molecular weight is 713 g/mol. The van der Waals surface area contributed by atoms with Crippen molar-refractivity contribution in [2.45, 2.75) is 37.8 Å². The van der Waals surface area contributed by atoms with E-state index >= 15 is 0 Å². The van der Waals surface area contributed by atoms with E-state index in [1.807, 2.05) is 24.3 Å². The molecular weight excluding hydrogens is 681 g/mol. The number of piperazine rings is 1. The SMILES string of the molecule is CC(=O)N1CCN(C(=O)C2CCCN2C(=O)c2ccc(Br)cc2NC2(Cc3cccc(Cl)c3)C(=O)Nc3cc(Cl)ccc32)CC1. The van der Waals surface area contributed by atoms with Crippen LogP contribution in [0.15, 0.2) is 65.1 Å². The van der Waals surface area contributed by atoms with Crippen LogP contribution in [0.1, 0.15) is 41.3 Å². The van der Waals surface area contributed by atoms with Crippen molar-refractivity contribution in [3.8, 4) is 0 Å².